The lowest BCUT2D eigenvalue weighted by Crippen LogP contribution is -2.35. The van der Waals surface area contributed by atoms with Crippen LogP contribution in [0.5, 0.6) is 0 Å². The smallest absolute Gasteiger partial charge is 0.256 e. The molecule has 0 unspecified atom stereocenters. The normalized spacial score (nSPS) is 14.1. The molecule has 1 aromatic carbocycles. The SMILES string of the molecule is CSc1nc2c(c(=O)[nH]1)CN(Cc1cnc(-c3ccccc3)nc1C)CC2. The Bertz CT molecular complexity index is 1020. The summed E-state index contributed by atoms with van der Waals surface area (Å²) in [5.74, 6) is 0.742. The fraction of sp³-hybridized carbons (Fsp3) is 0.300. The van der Waals surface area contributed by atoms with Crippen LogP contribution in [0.2, 0.25) is 0 Å². The summed E-state index contributed by atoms with van der Waals surface area (Å²) >= 11 is 1.46. The molecular weight excluding hydrogens is 358 g/mol. The number of benzene rings is 1. The molecule has 27 heavy (non-hydrogen) atoms. The van der Waals surface area contributed by atoms with Crippen LogP contribution in [-0.4, -0.2) is 37.6 Å². The lowest BCUT2D eigenvalue weighted by atomic mass is 10.1. The van der Waals surface area contributed by atoms with Gasteiger partial charge < -0.3 is 4.98 Å². The highest BCUT2D eigenvalue weighted by Gasteiger charge is 2.22. The van der Waals surface area contributed by atoms with Gasteiger partial charge in [0, 0.05) is 49.1 Å². The van der Waals surface area contributed by atoms with E-state index >= 15 is 0 Å². The zero-order valence-electron chi connectivity index (χ0n) is 15.4. The molecule has 2 aromatic heterocycles. The van der Waals surface area contributed by atoms with Crippen LogP contribution in [0.1, 0.15) is 22.5 Å². The molecule has 3 aromatic rings. The Kier molecular flexibility index (Phi) is 5.05. The largest absolute Gasteiger partial charge is 0.301 e. The first-order valence-electron chi connectivity index (χ1n) is 8.90. The number of hydrogen-bond acceptors (Lipinski definition) is 6. The van der Waals surface area contributed by atoms with Crippen LogP contribution < -0.4 is 5.56 Å². The van der Waals surface area contributed by atoms with E-state index < -0.39 is 0 Å². The van der Waals surface area contributed by atoms with Crippen LogP contribution in [0.15, 0.2) is 46.5 Å². The third kappa shape index (κ3) is 3.79. The molecule has 0 spiro atoms. The van der Waals surface area contributed by atoms with Crippen LogP contribution in [0, 0.1) is 6.92 Å². The minimum Gasteiger partial charge on any atom is -0.301 e. The van der Waals surface area contributed by atoms with Crippen molar-refractivity contribution in [3.05, 3.63) is 69.4 Å². The summed E-state index contributed by atoms with van der Waals surface area (Å²) in [4.78, 5) is 31.2. The summed E-state index contributed by atoms with van der Waals surface area (Å²) in [6, 6.07) is 9.98. The van der Waals surface area contributed by atoms with Gasteiger partial charge in [0.2, 0.25) is 0 Å². The maximum Gasteiger partial charge on any atom is 0.256 e. The minimum absolute atomic E-state index is 0.0264. The van der Waals surface area contributed by atoms with Crippen LogP contribution in [0.4, 0.5) is 0 Å². The Morgan fingerprint density at radius 3 is 2.78 bits per heavy atom. The van der Waals surface area contributed by atoms with Gasteiger partial charge in [-0.1, -0.05) is 42.1 Å². The molecule has 0 fully saturated rings. The molecule has 0 saturated heterocycles. The Balaban J connectivity index is 1.53. The first kappa shape index (κ1) is 17.9. The number of aromatic nitrogens is 4. The Morgan fingerprint density at radius 1 is 1.22 bits per heavy atom. The fourth-order valence-electron chi connectivity index (χ4n) is 3.30. The van der Waals surface area contributed by atoms with E-state index in [-0.39, 0.29) is 5.56 Å². The molecule has 0 bridgehead atoms. The molecule has 0 saturated carbocycles. The third-order valence-electron chi connectivity index (χ3n) is 4.83. The zero-order chi connectivity index (χ0) is 18.8. The summed E-state index contributed by atoms with van der Waals surface area (Å²) in [6.45, 7) is 4.22. The number of fused-ring (bicyclic) bond motifs is 1. The van der Waals surface area contributed by atoms with Crippen molar-refractivity contribution >= 4 is 11.8 Å². The second-order valence-electron chi connectivity index (χ2n) is 6.63. The number of thioether (sulfide) groups is 1. The molecule has 1 N–H and O–H groups in total. The maximum atomic E-state index is 12.3. The van der Waals surface area contributed by atoms with Gasteiger partial charge in [-0.3, -0.25) is 9.69 Å². The molecule has 1 aliphatic heterocycles. The van der Waals surface area contributed by atoms with Crippen LogP contribution in [-0.2, 0) is 19.5 Å². The topological polar surface area (TPSA) is 74.8 Å². The minimum atomic E-state index is -0.0264. The number of hydrogen-bond donors (Lipinski definition) is 1. The van der Waals surface area contributed by atoms with Crippen molar-refractivity contribution in [2.24, 2.45) is 0 Å². The van der Waals surface area contributed by atoms with Crippen molar-refractivity contribution in [1.29, 1.82) is 0 Å². The average Bonchev–Trinajstić information content (AvgIpc) is 2.70. The van der Waals surface area contributed by atoms with Gasteiger partial charge in [-0.25, -0.2) is 15.0 Å². The number of aromatic amines is 1. The number of H-pyrrole nitrogens is 1. The number of rotatable bonds is 4. The highest BCUT2D eigenvalue weighted by molar-refractivity contribution is 7.98. The van der Waals surface area contributed by atoms with E-state index in [1.54, 1.807) is 0 Å². The van der Waals surface area contributed by atoms with E-state index in [1.165, 1.54) is 11.8 Å². The molecular formula is C20H21N5OS. The highest BCUT2D eigenvalue weighted by atomic mass is 32.2. The maximum absolute atomic E-state index is 12.3. The van der Waals surface area contributed by atoms with Gasteiger partial charge in [0.1, 0.15) is 0 Å². The van der Waals surface area contributed by atoms with E-state index in [1.807, 2.05) is 49.7 Å². The van der Waals surface area contributed by atoms with Gasteiger partial charge in [0.05, 0.1) is 11.3 Å². The second-order valence-corrected chi connectivity index (χ2v) is 7.43. The predicted molar refractivity (Wildman–Crippen MR) is 107 cm³/mol. The lowest BCUT2D eigenvalue weighted by molar-refractivity contribution is 0.240. The van der Waals surface area contributed by atoms with Crippen molar-refractivity contribution in [1.82, 2.24) is 24.8 Å². The van der Waals surface area contributed by atoms with Gasteiger partial charge >= 0.3 is 0 Å². The summed E-state index contributed by atoms with van der Waals surface area (Å²) < 4.78 is 0. The molecule has 4 rings (SSSR count). The van der Waals surface area contributed by atoms with Crippen molar-refractivity contribution in [3.8, 4) is 11.4 Å². The van der Waals surface area contributed by atoms with Gasteiger partial charge in [0.15, 0.2) is 11.0 Å². The van der Waals surface area contributed by atoms with Gasteiger partial charge in [-0.15, -0.1) is 0 Å². The lowest BCUT2D eigenvalue weighted by Gasteiger charge is -2.27. The standard InChI is InChI=1S/C20H21N5OS/c1-13-15(10-21-18(22-13)14-6-4-3-5-7-14)11-25-9-8-17-16(12-25)19(26)24-20(23-17)27-2/h3-7,10H,8-9,11-12H2,1-2H3,(H,23,24,26). The van der Waals surface area contributed by atoms with Crippen molar-refractivity contribution in [2.75, 3.05) is 12.8 Å². The second kappa shape index (κ2) is 7.62. The molecule has 6 nitrogen and oxygen atoms in total. The fourth-order valence-corrected chi connectivity index (χ4v) is 3.70. The summed E-state index contributed by atoms with van der Waals surface area (Å²) in [5.41, 5.74) is 4.75. The molecule has 0 aliphatic carbocycles. The molecule has 1 aliphatic rings. The first-order chi connectivity index (χ1) is 13.1. The molecule has 7 heteroatoms. The Hall–Kier alpha value is -2.51. The average molecular weight is 379 g/mol. The van der Waals surface area contributed by atoms with Gasteiger partial charge in [-0.05, 0) is 13.2 Å². The summed E-state index contributed by atoms with van der Waals surface area (Å²) in [7, 11) is 0. The van der Waals surface area contributed by atoms with E-state index in [0.29, 0.717) is 11.7 Å². The molecule has 3 heterocycles. The van der Waals surface area contributed by atoms with Gasteiger partial charge in [0.25, 0.3) is 5.56 Å². The van der Waals surface area contributed by atoms with E-state index in [4.69, 9.17) is 0 Å². The molecule has 138 valence electrons. The quantitative estimate of drug-likeness (QED) is 0.555. The Labute approximate surface area is 162 Å². The van der Waals surface area contributed by atoms with Crippen molar-refractivity contribution in [3.63, 3.8) is 0 Å². The van der Waals surface area contributed by atoms with Crippen LogP contribution in [0.3, 0.4) is 0 Å². The summed E-state index contributed by atoms with van der Waals surface area (Å²) in [6.07, 6.45) is 4.61. The zero-order valence-corrected chi connectivity index (χ0v) is 16.2. The summed E-state index contributed by atoms with van der Waals surface area (Å²) in [5, 5.41) is 0.688. The van der Waals surface area contributed by atoms with Crippen LogP contribution >= 0.6 is 11.8 Å². The molecule has 0 radical (unpaired) electrons. The van der Waals surface area contributed by atoms with E-state index in [0.717, 1.165) is 53.4 Å². The third-order valence-corrected chi connectivity index (χ3v) is 5.41. The number of aryl methyl sites for hydroxylation is 1. The number of nitrogens with zero attached hydrogens (tertiary/aromatic N) is 4. The predicted octanol–water partition coefficient (Wildman–Crippen LogP) is 2.82. The van der Waals surface area contributed by atoms with E-state index in [9.17, 15) is 4.79 Å². The molecule has 0 amide bonds. The van der Waals surface area contributed by atoms with E-state index in [2.05, 4.69) is 24.8 Å². The van der Waals surface area contributed by atoms with Crippen molar-refractivity contribution < 1.29 is 0 Å². The van der Waals surface area contributed by atoms with Crippen molar-refractivity contribution in [2.45, 2.75) is 31.6 Å². The molecule has 0 atom stereocenters. The number of nitrogens with one attached hydrogen (secondary N) is 1. The van der Waals surface area contributed by atoms with Gasteiger partial charge in [-0.2, -0.15) is 0 Å². The highest BCUT2D eigenvalue weighted by Crippen LogP contribution is 2.20. The monoisotopic (exact) mass is 379 g/mol. The Morgan fingerprint density at radius 2 is 2.04 bits per heavy atom. The first-order valence-corrected chi connectivity index (χ1v) is 10.1. The van der Waals surface area contributed by atoms with Crippen LogP contribution in [0.25, 0.3) is 11.4 Å².